The molecule has 6 nitrogen and oxygen atoms in total. The molecule has 0 rings (SSSR count). The number of allylic oxidation sites excluding steroid dienone is 2. The molecular weight excluding hydrogens is 390 g/mol. The first-order valence-electron chi connectivity index (χ1n) is 12.2. The van der Waals surface area contributed by atoms with Gasteiger partial charge in [0.25, 0.3) is 0 Å². The van der Waals surface area contributed by atoms with Crippen LogP contribution in [-0.2, 0) is 9.59 Å². The molecule has 0 spiro atoms. The number of aliphatic hydroxyl groups excluding tert-OH is 1. The quantitative estimate of drug-likeness (QED) is 0.199. The first-order chi connectivity index (χ1) is 15.0. The molecule has 0 aliphatic carbocycles. The Morgan fingerprint density at radius 1 is 0.806 bits per heavy atom. The maximum absolute atomic E-state index is 11.9. The van der Waals surface area contributed by atoms with E-state index in [0.717, 1.165) is 12.8 Å². The highest BCUT2D eigenvalue weighted by molar-refractivity contribution is 5.77. The summed E-state index contributed by atoms with van der Waals surface area (Å²) in [5, 5.41) is 15.6. The zero-order valence-electron chi connectivity index (χ0n) is 20.2. The van der Waals surface area contributed by atoms with Crippen LogP contribution in [0.4, 0.5) is 0 Å². The van der Waals surface area contributed by atoms with Crippen molar-refractivity contribution >= 4 is 11.8 Å². The third kappa shape index (κ3) is 21.4. The highest BCUT2D eigenvalue weighted by atomic mass is 16.3. The molecule has 180 valence electrons. The van der Waals surface area contributed by atoms with Gasteiger partial charge in [0.15, 0.2) is 0 Å². The number of nitrogens with one attached hydrogen (secondary N) is 2. The molecule has 0 aliphatic heterocycles. The van der Waals surface area contributed by atoms with Crippen molar-refractivity contribution in [1.82, 2.24) is 15.5 Å². The summed E-state index contributed by atoms with van der Waals surface area (Å²) in [6.07, 6.45) is 17.7. The lowest BCUT2D eigenvalue weighted by Crippen LogP contribution is -2.42. The Balaban J connectivity index is 4.02. The van der Waals surface area contributed by atoms with Crippen LogP contribution in [-0.4, -0.2) is 60.6 Å². The molecule has 0 aliphatic rings. The van der Waals surface area contributed by atoms with Crippen LogP contribution in [0.25, 0.3) is 0 Å². The van der Waals surface area contributed by atoms with Gasteiger partial charge in [-0.2, -0.15) is 0 Å². The van der Waals surface area contributed by atoms with E-state index >= 15 is 0 Å². The lowest BCUT2D eigenvalue weighted by molar-refractivity contribution is -0.120. The van der Waals surface area contributed by atoms with Gasteiger partial charge in [-0.25, -0.2) is 0 Å². The number of nitrogens with zero attached hydrogens (tertiary/aromatic N) is 1. The normalized spacial score (nSPS) is 12.7. The van der Waals surface area contributed by atoms with Gasteiger partial charge in [-0.05, 0) is 32.6 Å². The van der Waals surface area contributed by atoms with Crippen molar-refractivity contribution in [3.8, 4) is 0 Å². The number of hydrogen-bond donors (Lipinski definition) is 3. The van der Waals surface area contributed by atoms with Crippen molar-refractivity contribution < 1.29 is 14.7 Å². The van der Waals surface area contributed by atoms with Gasteiger partial charge < -0.3 is 15.7 Å². The van der Waals surface area contributed by atoms with Gasteiger partial charge in [0, 0.05) is 45.6 Å². The highest BCUT2D eigenvalue weighted by Gasteiger charge is 2.09. The van der Waals surface area contributed by atoms with Gasteiger partial charge >= 0.3 is 0 Å². The maximum Gasteiger partial charge on any atom is 0.223 e. The lowest BCUT2D eigenvalue weighted by atomic mass is 10.2. The van der Waals surface area contributed by atoms with Crippen LogP contribution in [0.2, 0.25) is 0 Å². The summed E-state index contributed by atoms with van der Waals surface area (Å²) in [5.74, 6) is 0.0329. The highest BCUT2D eigenvalue weighted by Crippen LogP contribution is 2.01. The summed E-state index contributed by atoms with van der Waals surface area (Å²) in [6, 6.07) is 0. The molecule has 1 unspecified atom stereocenters. The van der Waals surface area contributed by atoms with Crippen LogP contribution < -0.4 is 10.6 Å². The molecule has 0 aromatic heterocycles. The largest absolute Gasteiger partial charge is 0.392 e. The molecule has 31 heavy (non-hydrogen) atoms. The average molecular weight is 438 g/mol. The number of unbranched alkanes of at least 4 members (excludes halogenated alkanes) is 6. The monoisotopic (exact) mass is 437 g/mol. The van der Waals surface area contributed by atoms with E-state index in [1.807, 2.05) is 12.2 Å². The number of rotatable bonds is 20. The zero-order valence-corrected chi connectivity index (χ0v) is 20.2. The molecule has 0 fully saturated rings. The minimum atomic E-state index is -0.455. The van der Waals surface area contributed by atoms with E-state index in [9.17, 15) is 14.7 Å². The standard InChI is InChI=1S/C25H47N3O3/c1-4-6-8-10-12-14-16-24(30)26-18-20-28(22-23(3)29)21-19-27-25(31)17-15-13-11-9-7-5-2/h12-15,23,29H,4-11,16-22H2,1-3H3,(H,26,30)(H,27,31)/b14-12+,15-13+. The Labute approximate surface area is 190 Å². The predicted octanol–water partition coefficient (Wildman–Crippen LogP) is 3.95. The Morgan fingerprint density at radius 3 is 1.65 bits per heavy atom. The molecule has 0 saturated heterocycles. The first kappa shape index (κ1) is 29.3. The summed E-state index contributed by atoms with van der Waals surface area (Å²) >= 11 is 0. The first-order valence-corrected chi connectivity index (χ1v) is 12.2. The molecule has 0 radical (unpaired) electrons. The summed E-state index contributed by atoms with van der Waals surface area (Å²) in [5.41, 5.74) is 0. The van der Waals surface area contributed by atoms with E-state index in [-0.39, 0.29) is 11.8 Å². The number of carbonyl (C=O) groups is 2. The lowest BCUT2D eigenvalue weighted by Gasteiger charge is -2.24. The van der Waals surface area contributed by atoms with Crippen LogP contribution in [0, 0.1) is 0 Å². The number of aliphatic hydroxyl groups is 1. The second-order valence-corrected chi connectivity index (χ2v) is 8.19. The van der Waals surface area contributed by atoms with Crippen LogP contribution >= 0.6 is 0 Å². The number of amides is 2. The molecule has 3 N–H and O–H groups in total. The van der Waals surface area contributed by atoms with Crippen LogP contribution in [0.5, 0.6) is 0 Å². The summed E-state index contributed by atoms with van der Waals surface area (Å²) < 4.78 is 0. The molecule has 2 amide bonds. The second kappa shape index (κ2) is 21.6. The Morgan fingerprint density at radius 2 is 1.26 bits per heavy atom. The maximum atomic E-state index is 11.9. The molecule has 1 atom stereocenters. The van der Waals surface area contributed by atoms with E-state index in [0.29, 0.717) is 45.6 Å². The molecule has 0 aromatic carbocycles. The fourth-order valence-electron chi connectivity index (χ4n) is 3.16. The minimum Gasteiger partial charge on any atom is -0.392 e. The van der Waals surface area contributed by atoms with Gasteiger partial charge in [-0.3, -0.25) is 14.5 Å². The van der Waals surface area contributed by atoms with Crippen molar-refractivity contribution in [2.75, 3.05) is 32.7 Å². The number of hydrogen-bond acceptors (Lipinski definition) is 4. The summed E-state index contributed by atoms with van der Waals surface area (Å²) in [7, 11) is 0. The molecule has 0 saturated carbocycles. The van der Waals surface area contributed by atoms with Crippen molar-refractivity contribution in [1.29, 1.82) is 0 Å². The average Bonchev–Trinajstić information content (AvgIpc) is 2.72. The van der Waals surface area contributed by atoms with Gasteiger partial charge in [-0.15, -0.1) is 0 Å². The second-order valence-electron chi connectivity index (χ2n) is 8.19. The van der Waals surface area contributed by atoms with E-state index < -0.39 is 6.10 Å². The smallest absolute Gasteiger partial charge is 0.223 e. The molecular formula is C25H47N3O3. The van der Waals surface area contributed by atoms with E-state index in [1.54, 1.807) is 6.92 Å². The van der Waals surface area contributed by atoms with E-state index in [2.05, 4.69) is 41.5 Å². The van der Waals surface area contributed by atoms with Crippen LogP contribution in [0.3, 0.4) is 0 Å². The Bertz CT molecular complexity index is 464. The van der Waals surface area contributed by atoms with Gasteiger partial charge in [0.1, 0.15) is 0 Å². The zero-order chi connectivity index (χ0) is 23.2. The fourth-order valence-corrected chi connectivity index (χ4v) is 3.16. The van der Waals surface area contributed by atoms with Crippen molar-refractivity contribution in [2.45, 2.75) is 91.1 Å². The third-order valence-electron chi connectivity index (χ3n) is 4.91. The van der Waals surface area contributed by atoms with Crippen molar-refractivity contribution in [2.24, 2.45) is 0 Å². The van der Waals surface area contributed by atoms with Crippen LogP contribution in [0.1, 0.15) is 85.0 Å². The van der Waals surface area contributed by atoms with Crippen molar-refractivity contribution in [3.63, 3.8) is 0 Å². The predicted molar refractivity (Wildman–Crippen MR) is 130 cm³/mol. The number of carbonyl (C=O) groups excluding carboxylic acids is 2. The van der Waals surface area contributed by atoms with E-state index in [1.165, 1.54) is 38.5 Å². The van der Waals surface area contributed by atoms with Crippen LogP contribution in [0.15, 0.2) is 24.3 Å². The fraction of sp³-hybridized carbons (Fsp3) is 0.760. The topological polar surface area (TPSA) is 81.7 Å². The SMILES string of the molecule is CCCCC/C=C/CC(=O)NCCN(CCNC(=O)C/C=C/CCCCC)CC(C)O. The van der Waals surface area contributed by atoms with Gasteiger partial charge in [0.05, 0.1) is 6.10 Å². The molecule has 6 heteroatoms. The molecule has 0 aromatic rings. The summed E-state index contributed by atoms with van der Waals surface area (Å²) in [6.45, 7) is 8.97. The molecule has 0 heterocycles. The van der Waals surface area contributed by atoms with E-state index in [4.69, 9.17) is 0 Å². The minimum absolute atomic E-state index is 0.0164. The van der Waals surface area contributed by atoms with Gasteiger partial charge in [-0.1, -0.05) is 63.8 Å². The Kier molecular flexibility index (Phi) is 20.4. The summed E-state index contributed by atoms with van der Waals surface area (Å²) in [4.78, 5) is 25.9. The molecule has 0 bridgehead atoms. The van der Waals surface area contributed by atoms with Gasteiger partial charge in [0.2, 0.25) is 11.8 Å². The third-order valence-corrected chi connectivity index (χ3v) is 4.91. The Hall–Kier alpha value is -1.66. The van der Waals surface area contributed by atoms with Crippen molar-refractivity contribution in [3.05, 3.63) is 24.3 Å².